The molecule has 24 heavy (non-hydrogen) atoms. The zero-order valence-electron chi connectivity index (χ0n) is 14.6. The number of benzene rings is 2. The molecule has 0 saturated heterocycles. The van der Waals surface area contributed by atoms with E-state index in [0.29, 0.717) is 17.1 Å². The molecule has 0 amide bonds. The molecule has 5 nitrogen and oxygen atoms in total. The Hall–Kier alpha value is -2.05. The molecule has 2 aromatic carbocycles. The molecule has 0 saturated carbocycles. The minimum absolute atomic E-state index is 0.252. The average Bonchev–Trinajstić information content (AvgIpc) is 2.56. The van der Waals surface area contributed by atoms with Gasteiger partial charge in [0.25, 0.3) is 0 Å². The number of hydrogen-bond donors (Lipinski definition) is 1. The van der Waals surface area contributed by atoms with Crippen molar-refractivity contribution in [2.24, 2.45) is 0 Å². The van der Waals surface area contributed by atoms with E-state index in [1.807, 2.05) is 31.2 Å². The summed E-state index contributed by atoms with van der Waals surface area (Å²) in [7, 11) is -0.538. The second kappa shape index (κ2) is 7.23. The monoisotopic (exact) mass is 349 g/mol. The van der Waals surface area contributed by atoms with Gasteiger partial charge in [-0.25, -0.2) is 13.1 Å². The lowest BCUT2D eigenvalue weighted by Crippen LogP contribution is -2.28. The summed E-state index contributed by atoms with van der Waals surface area (Å²) in [5.74, 6) is 1.32. The van der Waals surface area contributed by atoms with Gasteiger partial charge < -0.3 is 9.47 Å². The second-order valence-corrected chi connectivity index (χ2v) is 7.28. The largest absolute Gasteiger partial charge is 0.496 e. The summed E-state index contributed by atoms with van der Waals surface area (Å²) >= 11 is 0. The van der Waals surface area contributed by atoms with Crippen molar-refractivity contribution >= 4 is 10.0 Å². The number of hydrogen-bond acceptors (Lipinski definition) is 4. The van der Waals surface area contributed by atoms with Gasteiger partial charge in [-0.05, 0) is 50.1 Å². The van der Waals surface area contributed by atoms with E-state index >= 15 is 0 Å². The minimum Gasteiger partial charge on any atom is -0.496 e. The molecular formula is C18H23NO4S. The van der Waals surface area contributed by atoms with Gasteiger partial charge in [-0.15, -0.1) is 0 Å². The lowest BCUT2D eigenvalue weighted by Gasteiger charge is -2.19. The van der Waals surface area contributed by atoms with Crippen LogP contribution in [0.5, 0.6) is 11.5 Å². The molecule has 0 bridgehead atoms. The van der Waals surface area contributed by atoms with E-state index in [1.165, 1.54) is 0 Å². The van der Waals surface area contributed by atoms with E-state index in [1.54, 1.807) is 40.2 Å². The summed E-state index contributed by atoms with van der Waals surface area (Å²) in [6, 6.07) is 10.2. The topological polar surface area (TPSA) is 64.6 Å². The molecule has 2 rings (SSSR count). The van der Waals surface area contributed by atoms with Crippen molar-refractivity contribution in [1.82, 2.24) is 4.72 Å². The van der Waals surface area contributed by atoms with E-state index in [9.17, 15) is 8.42 Å². The summed E-state index contributed by atoms with van der Waals surface area (Å²) in [5, 5.41) is 0. The lowest BCUT2D eigenvalue weighted by molar-refractivity contribution is 0.405. The summed E-state index contributed by atoms with van der Waals surface area (Å²) in [5.41, 5.74) is 2.27. The van der Waals surface area contributed by atoms with Crippen molar-refractivity contribution < 1.29 is 17.9 Å². The Kier molecular flexibility index (Phi) is 5.51. The van der Waals surface area contributed by atoms with Crippen molar-refractivity contribution in [1.29, 1.82) is 0 Å². The van der Waals surface area contributed by atoms with Crippen LogP contribution in [0.25, 0.3) is 0 Å². The van der Waals surface area contributed by atoms with E-state index in [0.717, 1.165) is 11.1 Å². The number of methoxy groups -OCH3 is 2. The Morgan fingerprint density at radius 1 is 0.917 bits per heavy atom. The highest BCUT2D eigenvalue weighted by atomic mass is 32.2. The Morgan fingerprint density at radius 2 is 1.54 bits per heavy atom. The molecular weight excluding hydrogens is 326 g/mol. The van der Waals surface area contributed by atoms with Crippen LogP contribution in [0.4, 0.5) is 0 Å². The van der Waals surface area contributed by atoms with Gasteiger partial charge in [0.1, 0.15) is 11.5 Å². The molecule has 2 aromatic rings. The molecule has 6 heteroatoms. The maximum Gasteiger partial charge on any atom is 0.241 e. The summed E-state index contributed by atoms with van der Waals surface area (Å²) < 4.78 is 38.9. The van der Waals surface area contributed by atoms with Crippen LogP contribution in [-0.2, 0) is 10.0 Å². The predicted octanol–water partition coefficient (Wildman–Crippen LogP) is 3.36. The molecule has 0 aliphatic carbocycles. The molecule has 0 radical (unpaired) electrons. The maximum absolute atomic E-state index is 12.8. The second-order valence-electron chi connectivity index (χ2n) is 5.60. The average molecular weight is 349 g/mol. The standard InChI is InChI=1S/C18H23NO4S/c1-12-13(2)18(11-10-16(12)22-4)24(20,21)19-14(3)15-8-6-7-9-17(15)23-5/h6-11,14,19H,1-5H3/t14-/m1/s1. The van der Waals surface area contributed by atoms with Crippen LogP contribution in [0.1, 0.15) is 29.7 Å². The molecule has 0 fully saturated rings. The molecule has 0 spiro atoms. The first-order valence-electron chi connectivity index (χ1n) is 7.61. The predicted molar refractivity (Wildman–Crippen MR) is 94.2 cm³/mol. The first kappa shape index (κ1) is 18.3. The normalized spacial score (nSPS) is 12.7. The van der Waals surface area contributed by atoms with Gasteiger partial charge in [0.05, 0.1) is 19.1 Å². The Morgan fingerprint density at radius 3 is 2.17 bits per heavy atom. The van der Waals surface area contributed by atoms with Crippen LogP contribution < -0.4 is 14.2 Å². The molecule has 0 aliphatic rings. The fourth-order valence-electron chi connectivity index (χ4n) is 2.67. The first-order chi connectivity index (χ1) is 11.3. The zero-order valence-corrected chi connectivity index (χ0v) is 15.4. The highest BCUT2D eigenvalue weighted by molar-refractivity contribution is 7.89. The third-order valence-electron chi connectivity index (χ3n) is 4.13. The van der Waals surface area contributed by atoms with Gasteiger partial charge in [0.15, 0.2) is 0 Å². The fraction of sp³-hybridized carbons (Fsp3) is 0.333. The SMILES string of the molecule is COc1ccccc1[C@@H](C)NS(=O)(=O)c1ccc(OC)c(C)c1C. The highest BCUT2D eigenvalue weighted by Gasteiger charge is 2.23. The van der Waals surface area contributed by atoms with Crippen LogP contribution in [0.15, 0.2) is 41.3 Å². The van der Waals surface area contributed by atoms with E-state index in [-0.39, 0.29) is 4.90 Å². The van der Waals surface area contributed by atoms with Crippen LogP contribution >= 0.6 is 0 Å². The van der Waals surface area contributed by atoms with E-state index < -0.39 is 16.1 Å². The molecule has 130 valence electrons. The number of ether oxygens (including phenoxy) is 2. The van der Waals surface area contributed by atoms with Crippen molar-refractivity contribution in [2.45, 2.75) is 31.7 Å². The van der Waals surface area contributed by atoms with Crippen LogP contribution in [0, 0.1) is 13.8 Å². The van der Waals surface area contributed by atoms with Crippen molar-refractivity contribution in [3.63, 3.8) is 0 Å². The van der Waals surface area contributed by atoms with Crippen molar-refractivity contribution in [2.75, 3.05) is 14.2 Å². The number of sulfonamides is 1. The maximum atomic E-state index is 12.8. The van der Waals surface area contributed by atoms with Gasteiger partial charge in [0.2, 0.25) is 10.0 Å². The summed E-state index contributed by atoms with van der Waals surface area (Å²) in [4.78, 5) is 0.252. The minimum atomic E-state index is -3.67. The van der Waals surface area contributed by atoms with Gasteiger partial charge in [-0.3, -0.25) is 0 Å². The molecule has 1 N–H and O–H groups in total. The third kappa shape index (κ3) is 3.55. The number of para-hydroxylation sites is 1. The molecule has 0 heterocycles. The van der Waals surface area contributed by atoms with Crippen LogP contribution in [0.3, 0.4) is 0 Å². The number of nitrogens with one attached hydrogen (secondary N) is 1. The number of rotatable bonds is 6. The molecule has 0 unspecified atom stereocenters. The van der Waals surface area contributed by atoms with Crippen molar-refractivity contribution in [3.05, 3.63) is 53.1 Å². The Labute approximate surface area is 143 Å². The molecule has 0 aliphatic heterocycles. The van der Waals surface area contributed by atoms with Gasteiger partial charge in [-0.2, -0.15) is 0 Å². The smallest absolute Gasteiger partial charge is 0.241 e. The summed E-state index contributed by atoms with van der Waals surface area (Å²) in [6.45, 7) is 5.41. The van der Waals surface area contributed by atoms with Gasteiger partial charge >= 0.3 is 0 Å². The fourth-order valence-corrected chi connectivity index (χ4v) is 4.19. The Bertz CT molecular complexity index is 831. The van der Waals surface area contributed by atoms with E-state index in [2.05, 4.69) is 4.72 Å². The van der Waals surface area contributed by atoms with E-state index in [4.69, 9.17) is 9.47 Å². The molecule has 0 aromatic heterocycles. The molecule has 1 atom stereocenters. The third-order valence-corrected chi connectivity index (χ3v) is 5.82. The van der Waals surface area contributed by atoms with Gasteiger partial charge in [-0.1, -0.05) is 18.2 Å². The van der Waals surface area contributed by atoms with Crippen LogP contribution in [0.2, 0.25) is 0 Å². The highest BCUT2D eigenvalue weighted by Crippen LogP contribution is 2.29. The zero-order chi connectivity index (χ0) is 17.9. The summed E-state index contributed by atoms with van der Waals surface area (Å²) in [6.07, 6.45) is 0. The first-order valence-corrected chi connectivity index (χ1v) is 9.09. The lowest BCUT2D eigenvalue weighted by atomic mass is 10.1. The quantitative estimate of drug-likeness (QED) is 0.868. The van der Waals surface area contributed by atoms with Crippen molar-refractivity contribution in [3.8, 4) is 11.5 Å². The van der Waals surface area contributed by atoms with Gasteiger partial charge in [0, 0.05) is 11.6 Å². The Balaban J connectivity index is 2.37. The van der Waals surface area contributed by atoms with Crippen LogP contribution in [-0.4, -0.2) is 22.6 Å².